The first kappa shape index (κ1) is 12.6. The molecule has 5 heteroatoms. The Bertz CT molecular complexity index is 448. The van der Waals surface area contributed by atoms with Gasteiger partial charge in [0.25, 0.3) is 0 Å². The molecule has 2 aliphatic carbocycles. The fourth-order valence-corrected chi connectivity index (χ4v) is 3.67. The van der Waals surface area contributed by atoms with Crippen molar-refractivity contribution < 1.29 is 14.4 Å². The molecule has 1 N–H and O–H groups in total. The summed E-state index contributed by atoms with van der Waals surface area (Å²) in [6.07, 6.45) is 6.96. The third kappa shape index (κ3) is 1.63. The van der Waals surface area contributed by atoms with Crippen LogP contribution in [0.4, 0.5) is 4.79 Å². The Morgan fingerprint density at radius 2 is 1.58 bits per heavy atom. The van der Waals surface area contributed by atoms with E-state index in [-0.39, 0.29) is 11.8 Å². The number of nitrogens with zero attached hydrogens (tertiary/aromatic N) is 1. The van der Waals surface area contributed by atoms with E-state index in [2.05, 4.69) is 5.32 Å². The van der Waals surface area contributed by atoms with Gasteiger partial charge < -0.3 is 0 Å². The number of imide groups is 2. The molecule has 104 valence electrons. The van der Waals surface area contributed by atoms with E-state index in [1.165, 1.54) is 4.90 Å². The fourth-order valence-electron chi connectivity index (χ4n) is 3.67. The fraction of sp³-hybridized carbons (Fsp3) is 0.786. The minimum absolute atomic E-state index is 0.253. The molecule has 0 aromatic rings. The molecule has 19 heavy (non-hydrogen) atoms. The third-order valence-electron chi connectivity index (χ3n) is 5.15. The zero-order valence-electron chi connectivity index (χ0n) is 11.3. The van der Waals surface area contributed by atoms with E-state index in [1.807, 2.05) is 6.92 Å². The van der Waals surface area contributed by atoms with Gasteiger partial charge in [-0.25, -0.2) is 4.79 Å². The van der Waals surface area contributed by atoms with Crippen LogP contribution in [0.5, 0.6) is 0 Å². The van der Waals surface area contributed by atoms with Crippen molar-refractivity contribution in [2.45, 2.75) is 63.8 Å². The molecule has 3 aliphatic rings. The summed E-state index contributed by atoms with van der Waals surface area (Å²) >= 11 is 0. The number of amides is 4. The van der Waals surface area contributed by atoms with Gasteiger partial charge in [0.1, 0.15) is 5.41 Å². The molecular weight excluding hydrogens is 244 g/mol. The Morgan fingerprint density at radius 1 is 0.947 bits per heavy atom. The first-order valence-electron chi connectivity index (χ1n) is 7.20. The van der Waals surface area contributed by atoms with Gasteiger partial charge in [0.05, 0.1) is 0 Å². The van der Waals surface area contributed by atoms with E-state index in [0.29, 0.717) is 12.8 Å². The molecule has 0 radical (unpaired) electrons. The second kappa shape index (κ2) is 4.05. The standard InChI is InChI=1S/C14H20N2O3/c1-13(6-3-2-4-7-13)16-11(18)14(8-5-9-14)10(17)15-12(16)19/h2-9H2,1H3,(H,15,17,19). The maximum absolute atomic E-state index is 12.7. The molecule has 0 aromatic carbocycles. The van der Waals surface area contributed by atoms with Crippen LogP contribution >= 0.6 is 0 Å². The van der Waals surface area contributed by atoms with Crippen molar-refractivity contribution in [3.05, 3.63) is 0 Å². The highest BCUT2D eigenvalue weighted by molar-refractivity contribution is 6.20. The van der Waals surface area contributed by atoms with Gasteiger partial charge in [-0.15, -0.1) is 0 Å². The lowest BCUT2D eigenvalue weighted by Gasteiger charge is -2.51. The lowest BCUT2D eigenvalue weighted by atomic mass is 9.65. The Balaban J connectivity index is 1.93. The first-order valence-corrected chi connectivity index (χ1v) is 7.20. The minimum atomic E-state index is -0.936. The van der Waals surface area contributed by atoms with Crippen molar-refractivity contribution in [1.29, 1.82) is 0 Å². The molecule has 0 bridgehead atoms. The molecule has 4 amide bonds. The molecular formula is C14H20N2O3. The molecule has 1 heterocycles. The van der Waals surface area contributed by atoms with E-state index in [4.69, 9.17) is 0 Å². The summed E-state index contributed by atoms with van der Waals surface area (Å²) in [4.78, 5) is 38.2. The number of barbiturate groups is 1. The second-order valence-electron chi connectivity index (χ2n) is 6.39. The van der Waals surface area contributed by atoms with Crippen LogP contribution in [0.2, 0.25) is 0 Å². The smallest absolute Gasteiger partial charge is 0.277 e. The highest BCUT2D eigenvalue weighted by Gasteiger charge is 2.60. The molecule has 2 saturated carbocycles. The molecule has 1 aliphatic heterocycles. The number of carbonyl (C=O) groups excluding carboxylic acids is 3. The van der Waals surface area contributed by atoms with Gasteiger partial charge in [0.2, 0.25) is 11.8 Å². The van der Waals surface area contributed by atoms with Crippen molar-refractivity contribution in [1.82, 2.24) is 10.2 Å². The number of hydrogen-bond acceptors (Lipinski definition) is 3. The van der Waals surface area contributed by atoms with Gasteiger partial charge in [-0.2, -0.15) is 0 Å². The van der Waals surface area contributed by atoms with Crippen molar-refractivity contribution in [2.24, 2.45) is 5.41 Å². The predicted octanol–water partition coefficient (Wildman–Crippen LogP) is 1.96. The molecule has 0 atom stereocenters. The van der Waals surface area contributed by atoms with Crippen LogP contribution in [-0.4, -0.2) is 28.3 Å². The molecule has 3 rings (SSSR count). The van der Waals surface area contributed by atoms with Crippen LogP contribution in [0.3, 0.4) is 0 Å². The predicted molar refractivity (Wildman–Crippen MR) is 68.2 cm³/mol. The molecule has 5 nitrogen and oxygen atoms in total. The second-order valence-corrected chi connectivity index (χ2v) is 6.39. The van der Waals surface area contributed by atoms with Gasteiger partial charge >= 0.3 is 6.03 Å². The number of nitrogens with one attached hydrogen (secondary N) is 1. The highest BCUT2D eigenvalue weighted by atomic mass is 16.2. The number of rotatable bonds is 1. The summed E-state index contributed by atoms with van der Waals surface area (Å²) in [6.45, 7) is 1.98. The lowest BCUT2D eigenvalue weighted by Crippen LogP contribution is -2.70. The van der Waals surface area contributed by atoms with Crippen LogP contribution in [-0.2, 0) is 9.59 Å². The Morgan fingerprint density at radius 3 is 2.11 bits per heavy atom. The van der Waals surface area contributed by atoms with Crippen LogP contribution < -0.4 is 5.32 Å². The zero-order chi connectivity index (χ0) is 13.7. The quantitative estimate of drug-likeness (QED) is 0.736. The molecule has 0 unspecified atom stereocenters. The summed E-state index contributed by atoms with van der Waals surface area (Å²) < 4.78 is 0. The van der Waals surface area contributed by atoms with Crippen LogP contribution in [0, 0.1) is 5.41 Å². The average Bonchev–Trinajstić information content (AvgIpc) is 2.26. The van der Waals surface area contributed by atoms with E-state index in [1.54, 1.807) is 0 Å². The lowest BCUT2D eigenvalue weighted by molar-refractivity contribution is -0.162. The average molecular weight is 264 g/mol. The normalized spacial score (nSPS) is 29.1. The van der Waals surface area contributed by atoms with Gasteiger partial charge in [-0.05, 0) is 32.6 Å². The number of hydrogen-bond donors (Lipinski definition) is 1. The van der Waals surface area contributed by atoms with Crippen LogP contribution in [0.1, 0.15) is 58.3 Å². The summed E-state index contributed by atoms with van der Waals surface area (Å²) in [5, 5.41) is 2.40. The largest absolute Gasteiger partial charge is 0.331 e. The minimum Gasteiger partial charge on any atom is -0.277 e. The Labute approximate surface area is 112 Å². The summed E-state index contributed by atoms with van der Waals surface area (Å²) in [5.74, 6) is -0.638. The molecule has 0 aromatic heterocycles. The maximum atomic E-state index is 12.7. The van der Waals surface area contributed by atoms with E-state index in [9.17, 15) is 14.4 Å². The Kier molecular flexibility index (Phi) is 2.69. The zero-order valence-corrected chi connectivity index (χ0v) is 11.3. The van der Waals surface area contributed by atoms with Crippen LogP contribution in [0.25, 0.3) is 0 Å². The number of urea groups is 1. The Hall–Kier alpha value is -1.39. The molecule has 1 spiro atoms. The van der Waals surface area contributed by atoms with E-state index < -0.39 is 17.0 Å². The van der Waals surface area contributed by atoms with Crippen molar-refractivity contribution >= 4 is 17.8 Å². The monoisotopic (exact) mass is 264 g/mol. The maximum Gasteiger partial charge on any atom is 0.331 e. The first-order chi connectivity index (χ1) is 9.00. The van der Waals surface area contributed by atoms with Crippen molar-refractivity contribution in [3.63, 3.8) is 0 Å². The third-order valence-corrected chi connectivity index (χ3v) is 5.15. The molecule has 3 fully saturated rings. The molecule has 1 saturated heterocycles. The van der Waals surface area contributed by atoms with Crippen molar-refractivity contribution in [2.75, 3.05) is 0 Å². The summed E-state index contributed by atoms with van der Waals surface area (Å²) in [5.41, 5.74) is -1.35. The van der Waals surface area contributed by atoms with Crippen LogP contribution in [0.15, 0.2) is 0 Å². The SMILES string of the molecule is CC1(N2C(=O)NC(=O)C3(CCC3)C2=O)CCCCC1. The summed E-state index contributed by atoms with van der Waals surface area (Å²) in [6, 6.07) is -0.517. The van der Waals surface area contributed by atoms with Gasteiger partial charge in [-0.3, -0.25) is 19.8 Å². The van der Waals surface area contributed by atoms with E-state index >= 15 is 0 Å². The van der Waals surface area contributed by atoms with E-state index in [0.717, 1.165) is 38.5 Å². The topological polar surface area (TPSA) is 66.5 Å². The number of carbonyl (C=O) groups is 3. The van der Waals surface area contributed by atoms with Gasteiger partial charge in [-0.1, -0.05) is 25.7 Å². The summed E-state index contributed by atoms with van der Waals surface area (Å²) in [7, 11) is 0. The van der Waals surface area contributed by atoms with Gasteiger partial charge in [0, 0.05) is 5.54 Å². The van der Waals surface area contributed by atoms with Crippen molar-refractivity contribution in [3.8, 4) is 0 Å². The highest BCUT2D eigenvalue weighted by Crippen LogP contribution is 2.47. The van der Waals surface area contributed by atoms with Gasteiger partial charge in [0.15, 0.2) is 0 Å².